The van der Waals surface area contributed by atoms with Gasteiger partial charge in [-0.15, -0.1) is 0 Å². The summed E-state index contributed by atoms with van der Waals surface area (Å²) >= 11 is 0. The molecule has 4 aromatic heterocycles. The maximum Gasteiger partial charge on any atom is 0.164 e. The molecule has 21 aromatic rings. The van der Waals surface area contributed by atoms with E-state index in [1.54, 1.807) is 0 Å². The molecular weight excluding hydrogens is 1360 g/mol. The van der Waals surface area contributed by atoms with Gasteiger partial charge >= 0.3 is 0 Å². The van der Waals surface area contributed by atoms with Gasteiger partial charge in [-0.2, -0.15) is 0 Å². The lowest BCUT2D eigenvalue weighted by molar-refractivity contribution is 1.07. The van der Waals surface area contributed by atoms with E-state index in [0.717, 1.165) is 94.3 Å². The fourth-order valence-electron chi connectivity index (χ4n) is 15.7. The van der Waals surface area contributed by atoms with Crippen LogP contribution in [-0.4, -0.2) is 39.0 Å². The summed E-state index contributed by atoms with van der Waals surface area (Å²) < 4.78 is 4.73. The molecule has 8 heteroatoms. The number of rotatable bonds is 13. The number of fused-ring (bicyclic) bond motifs is 8. The molecule has 17 aromatic carbocycles. The van der Waals surface area contributed by atoms with Crippen molar-refractivity contribution in [1.82, 2.24) is 39.0 Å². The number of benzene rings is 17. The summed E-state index contributed by atoms with van der Waals surface area (Å²) in [6.07, 6.45) is 0. The van der Waals surface area contributed by atoms with Crippen LogP contribution in [0, 0.1) is 0 Å². The summed E-state index contributed by atoms with van der Waals surface area (Å²) in [5, 5.41) is 9.51. The second-order valence-electron chi connectivity index (χ2n) is 28.1. The van der Waals surface area contributed by atoms with Crippen LogP contribution >= 0.6 is 0 Å². The Morgan fingerprint density at radius 1 is 0.152 bits per heavy atom. The first-order chi connectivity index (χ1) is 55.5. The lowest BCUT2D eigenvalue weighted by Gasteiger charge is -2.15. The van der Waals surface area contributed by atoms with Crippen LogP contribution in [0.2, 0.25) is 0 Å². The van der Waals surface area contributed by atoms with Crippen LogP contribution in [0.15, 0.2) is 413 Å². The van der Waals surface area contributed by atoms with Crippen LogP contribution in [0.5, 0.6) is 0 Å². The highest BCUT2D eigenvalue weighted by molar-refractivity contribution is 6.12. The molecule has 0 aliphatic carbocycles. The van der Waals surface area contributed by atoms with Gasteiger partial charge in [0.05, 0.1) is 27.8 Å². The Balaban J connectivity index is 0.000000146. The molecule has 0 amide bonds. The summed E-state index contributed by atoms with van der Waals surface area (Å²) in [4.78, 5) is 30.5. The monoisotopic (exact) mass is 1430 g/mol. The van der Waals surface area contributed by atoms with Crippen molar-refractivity contribution in [1.29, 1.82) is 0 Å². The molecule has 0 fully saturated rings. The van der Waals surface area contributed by atoms with E-state index >= 15 is 0 Å². The summed E-state index contributed by atoms with van der Waals surface area (Å²) in [7, 11) is 0. The van der Waals surface area contributed by atoms with Crippen molar-refractivity contribution in [2.24, 2.45) is 0 Å². The Bertz CT molecular complexity index is 6940. The zero-order valence-corrected chi connectivity index (χ0v) is 60.8. The molecule has 0 unspecified atom stereocenters. The van der Waals surface area contributed by atoms with E-state index in [2.05, 4.69) is 379 Å². The fraction of sp³-hybridized carbons (Fsp3) is 0. The molecule has 524 valence electrons. The van der Waals surface area contributed by atoms with Gasteiger partial charge in [0.2, 0.25) is 0 Å². The molecule has 0 saturated heterocycles. The first-order valence-corrected chi connectivity index (χ1v) is 37.8. The summed E-state index contributed by atoms with van der Waals surface area (Å²) in [6, 6.07) is 145. The van der Waals surface area contributed by atoms with E-state index in [1.165, 1.54) is 71.3 Å². The van der Waals surface area contributed by atoms with Crippen molar-refractivity contribution in [3.63, 3.8) is 0 Å². The smallest absolute Gasteiger partial charge is 0.164 e. The van der Waals surface area contributed by atoms with E-state index in [9.17, 15) is 0 Å². The number of aromatic nitrogens is 8. The third-order valence-corrected chi connectivity index (χ3v) is 21.4. The molecule has 0 saturated carbocycles. The standard InChI is InChI=1S/C53H34N4.C51H34N4/c1-2-12-35(13-3-1)37-22-24-38(25-23-37)39-26-29-40(30-27-39)51-54-52(42-31-28-36-14-4-5-15-41(36)34-42)56-53(55-51)47-32-33-50(44-17-7-6-16-43(44)47)57-48-20-10-8-18-45(48)46-19-9-11-21-49(46)57;1-3-11-35(12-4-1)36-19-21-37(22-20-36)38-23-27-42(28-24-38)50-52-49(41-13-5-2-6-14-41)53-51(54-50)43-29-25-39(26-30-43)40-31-33-44(34-32-40)55-47-17-9-7-15-45(47)46-16-8-10-18-48(46)55/h1-34H;1-34H. The quantitative estimate of drug-likeness (QED) is 0.114. The molecule has 8 nitrogen and oxygen atoms in total. The van der Waals surface area contributed by atoms with Gasteiger partial charge in [0.25, 0.3) is 0 Å². The van der Waals surface area contributed by atoms with Crippen LogP contribution in [0.4, 0.5) is 0 Å². The first-order valence-electron chi connectivity index (χ1n) is 37.8. The zero-order valence-electron chi connectivity index (χ0n) is 60.8. The number of para-hydroxylation sites is 4. The summed E-state index contributed by atoms with van der Waals surface area (Å²) in [5.41, 5.74) is 24.3. The molecule has 21 rings (SSSR count). The van der Waals surface area contributed by atoms with Crippen LogP contribution < -0.4 is 0 Å². The second kappa shape index (κ2) is 28.9. The summed E-state index contributed by atoms with van der Waals surface area (Å²) in [5.74, 6) is 3.82. The van der Waals surface area contributed by atoms with E-state index in [-0.39, 0.29) is 0 Å². The Labute approximate surface area is 647 Å². The predicted molar refractivity (Wildman–Crippen MR) is 463 cm³/mol. The third kappa shape index (κ3) is 12.7. The van der Waals surface area contributed by atoms with Crippen molar-refractivity contribution in [2.45, 2.75) is 0 Å². The Morgan fingerprint density at radius 2 is 0.411 bits per heavy atom. The molecular formula is C104H68N8. The zero-order chi connectivity index (χ0) is 74.3. The van der Waals surface area contributed by atoms with Gasteiger partial charge in [-0.25, -0.2) is 29.9 Å². The Hall–Kier alpha value is -15.1. The van der Waals surface area contributed by atoms with Gasteiger partial charge in [0, 0.05) is 66.0 Å². The van der Waals surface area contributed by atoms with Crippen molar-refractivity contribution < 1.29 is 0 Å². The average molecular weight is 1430 g/mol. The van der Waals surface area contributed by atoms with E-state index in [4.69, 9.17) is 29.9 Å². The second-order valence-corrected chi connectivity index (χ2v) is 28.1. The van der Waals surface area contributed by atoms with Crippen LogP contribution in [-0.2, 0) is 0 Å². The molecule has 112 heavy (non-hydrogen) atoms. The number of nitrogens with zero attached hydrogens (tertiary/aromatic N) is 8. The minimum absolute atomic E-state index is 0.629. The Morgan fingerprint density at radius 3 is 0.804 bits per heavy atom. The SMILES string of the molecule is c1ccc(-c2ccc(-c3ccc(-c4nc(-c5ccc6ccccc6c5)nc(-c5ccc(-n6c7ccccc7c7ccccc76)c6ccccc56)n4)cc3)cc2)cc1.c1ccc(-c2ccc(-c3ccc(-c4nc(-c5ccccc5)nc(-c5ccc(-c6ccc(-n7c8ccccc8c8ccccc87)cc6)cc5)n4)cc3)cc2)cc1. The number of hydrogen-bond donors (Lipinski definition) is 0. The van der Waals surface area contributed by atoms with Gasteiger partial charge in [-0.3, -0.25) is 0 Å². The van der Waals surface area contributed by atoms with Gasteiger partial charge in [-0.05, 0) is 126 Å². The molecule has 4 heterocycles. The molecule has 0 radical (unpaired) electrons. The van der Waals surface area contributed by atoms with Gasteiger partial charge in [0.1, 0.15) is 0 Å². The number of hydrogen-bond acceptors (Lipinski definition) is 6. The highest BCUT2D eigenvalue weighted by Crippen LogP contribution is 2.41. The highest BCUT2D eigenvalue weighted by Gasteiger charge is 2.21. The van der Waals surface area contributed by atoms with E-state index in [0.29, 0.717) is 34.9 Å². The Kier molecular flexibility index (Phi) is 17.1. The van der Waals surface area contributed by atoms with Crippen LogP contribution in [0.1, 0.15) is 0 Å². The van der Waals surface area contributed by atoms with Gasteiger partial charge in [0.15, 0.2) is 34.9 Å². The fourth-order valence-corrected chi connectivity index (χ4v) is 15.7. The minimum atomic E-state index is 0.629. The minimum Gasteiger partial charge on any atom is -0.309 e. The van der Waals surface area contributed by atoms with E-state index < -0.39 is 0 Å². The largest absolute Gasteiger partial charge is 0.309 e. The van der Waals surface area contributed by atoms with E-state index in [1.807, 2.05) is 42.5 Å². The maximum atomic E-state index is 5.22. The predicted octanol–water partition coefficient (Wildman–Crippen LogP) is 26.6. The molecule has 0 aliphatic heterocycles. The lowest BCUT2D eigenvalue weighted by Crippen LogP contribution is -2.02. The van der Waals surface area contributed by atoms with Crippen LogP contribution in [0.25, 0.3) is 200 Å². The molecule has 0 aliphatic rings. The van der Waals surface area contributed by atoms with Crippen molar-refractivity contribution >= 4 is 65.2 Å². The van der Waals surface area contributed by atoms with Crippen LogP contribution in [0.3, 0.4) is 0 Å². The normalized spacial score (nSPS) is 11.4. The lowest BCUT2D eigenvalue weighted by atomic mass is 9.99. The van der Waals surface area contributed by atoms with Crippen molar-refractivity contribution in [3.8, 4) is 135 Å². The molecule has 0 spiro atoms. The topological polar surface area (TPSA) is 87.2 Å². The first kappa shape index (κ1) is 66.3. The third-order valence-electron chi connectivity index (χ3n) is 21.4. The van der Waals surface area contributed by atoms with Crippen molar-refractivity contribution in [2.75, 3.05) is 0 Å². The average Bonchev–Trinajstić information content (AvgIpc) is 1.60. The maximum absolute atomic E-state index is 5.22. The molecule has 0 atom stereocenters. The highest BCUT2D eigenvalue weighted by atomic mass is 15.0. The van der Waals surface area contributed by atoms with Gasteiger partial charge in [-0.1, -0.05) is 358 Å². The summed E-state index contributed by atoms with van der Waals surface area (Å²) in [6.45, 7) is 0. The molecule has 0 N–H and O–H groups in total. The van der Waals surface area contributed by atoms with Crippen molar-refractivity contribution in [3.05, 3.63) is 413 Å². The molecule has 0 bridgehead atoms. The van der Waals surface area contributed by atoms with Gasteiger partial charge < -0.3 is 9.13 Å².